The fraction of sp³-hybridized carbons (Fsp3) is 1.00. The summed E-state index contributed by atoms with van der Waals surface area (Å²) in [5.74, 6) is 0. The van der Waals surface area contributed by atoms with Crippen molar-refractivity contribution in [3.8, 4) is 0 Å². The van der Waals surface area contributed by atoms with Gasteiger partial charge < -0.3 is 15.0 Å². The standard InChI is InChI=1S/C14H28N2OS/c1-17-12-14(5-7-15-8-6-14)11-16-9-3-13(18-2)4-10-16/h13,15H,3-12H2,1-2H3. The van der Waals surface area contributed by atoms with Crippen molar-refractivity contribution in [1.29, 1.82) is 0 Å². The summed E-state index contributed by atoms with van der Waals surface area (Å²) in [6, 6.07) is 0. The molecule has 2 aliphatic heterocycles. The minimum absolute atomic E-state index is 0.409. The van der Waals surface area contributed by atoms with Crippen molar-refractivity contribution >= 4 is 11.8 Å². The van der Waals surface area contributed by atoms with Gasteiger partial charge in [0, 0.05) is 24.3 Å². The summed E-state index contributed by atoms with van der Waals surface area (Å²) in [7, 11) is 1.85. The predicted molar refractivity (Wildman–Crippen MR) is 79.4 cm³/mol. The van der Waals surface area contributed by atoms with Crippen LogP contribution in [0.5, 0.6) is 0 Å². The van der Waals surface area contributed by atoms with Gasteiger partial charge >= 0.3 is 0 Å². The van der Waals surface area contributed by atoms with E-state index in [4.69, 9.17) is 4.74 Å². The minimum Gasteiger partial charge on any atom is -0.384 e. The zero-order valence-corrected chi connectivity index (χ0v) is 12.7. The first-order valence-corrected chi connectivity index (χ1v) is 8.52. The van der Waals surface area contributed by atoms with E-state index in [0.29, 0.717) is 5.41 Å². The van der Waals surface area contributed by atoms with Crippen molar-refractivity contribution in [2.45, 2.75) is 30.9 Å². The molecule has 0 aromatic rings. The molecule has 0 saturated carbocycles. The third-order valence-electron chi connectivity index (χ3n) is 4.54. The van der Waals surface area contributed by atoms with Crippen LogP contribution in [0.1, 0.15) is 25.7 Å². The lowest BCUT2D eigenvalue weighted by Gasteiger charge is -2.42. The molecule has 0 radical (unpaired) electrons. The normalized spacial score (nSPS) is 26.3. The van der Waals surface area contributed by atoms with Gasteiger partial charge in [0.2, 0.25) is 0 Å². The molecule has 106 valence electrons. The van der Waals surface area contributed by atoms with E-state index in [1.807, 2.05) is 18.9 Å². The van der Waals surface area contributed by atoms with Crippen molar-refractivity contribution in [1.82, 2.24) is 10.2 Å². The van der Waals surface area contributed by atoms with Crippen molar-refractivity contribution in [2.75, 3.05) is 52.7 Å². The van der Waals surface area contributed by atoms with Crippen LogP contribution in [-0.4, -0.2) is 62.8 Å². The number of thioether (sulfide) groups is 1. The molecule has 1 N–H and O–H groups in total. The van der Waals surface area contributed by atoms with Crippen LogP contribution >= 0.6 is 11.8 Å². The van der Waals surface area contributed by atoms with Gasteiger partial charge in [0.05, 0.1) is 6.61 Å². The molecule has 18 heavy (non-hydrogen) atoms. The Kier molecular flexibility index (Phi) is 5.80. The summed E-state index contributed by atoms with van der Waals surface area (Å²) in [6.45, 7) is 7.05. The molecule has 2 fully saturated rings. The van der Waals surface area contributed by atoms with Gasteiger partial charge in [0.25, 0.3) is 0 Å². The Morgan fingerprint density at radius 3 is 2.50 bits per heavy atom. The fourth-order valence-electron chi connectivity index (χ4n) is 3.39. The summed E-state index contributed by atoms with van der Waals surface area (Å²) in [4.78, 5) is 2.68. The van der Waals surface area contributed by atoms with Crippen LogP contribution in [0, 0.1) is 5.41 Å². The van der Waals surface area contributed by atoms with E-state index in [1.165, 1.54) is 45.3 Å². The molecule has 0 unspecified atom stereocenters. The van der Waals surface area contributed by atoms with Crippen LogP contribution in [0.4, 0.5) is 0 Å². The summed E-state index contributed by atoms with van der Waals surface area (Å²) in [6.07, 6.45) is 7.51. The van der Waals surface area contributed by atoms with E-state index in [1.54, 1.807) is 0 Å². The second kappa shape index (κ2) is 7.13. The Labute approximate surface area is 116 Å². The van der Waals surface area contributed by atoms with E-state index in [0.717, 1.165) is 24.9 Å². The molecule has 0 aromatic heterocycles. The molecule has 3 nitrogen and oxygen atoms in total. The number of hydrogen-bond donors (Lipinski definition) is 1. The zero-order chi connectivity index (χ0) is 12.8. The van der Waals surface area contributed by atoms with E-state index in [2.05, 4.69) is 16.5 Å². The summed E-state index contributed by atoms with van der Waals surface area (Å²) in [5.41, 5.74) is 0.409. The van der Waals surface area contributed by atoms with E-state index >= 15 is 0 Å². The summed E-state index contributed by atoms with van der Waals surface area (Å²) < 4.78 is 5.51. The first kappa shape index (κ1) is 14.6. The van der Waals surface area contributed by atoms with Crippen LogP contribution in [0.15, 0.2) is 0 Å². The number of hydrogen-bond acceptors (Lipinski definition) is 4. The molecule has 0 spiro atoms. The highest BCUT2D eigenvalue weighted by molar-refractivity contribution is 7.99. The second-order valence-electron chi connectivity index (χ2n) is 5.89. The lowest BCUT2D eigenvalue weighted by molar-refractivity contribution is 0.0182. The van der Waals surface area contributed by atoms with Gasteiger partial charge in [-0.15, -0.1) is 0 Å². The Hall–Kier alpha value is 0.230. The Bertz CT molecular complexity index is 230. The van der Waals surface area contributed by atoms with Gasteiger partial charge in [-0.1, -0.05) is 0 Å². The second-order valence-corrected chi connectivity index (χ2v) is 7.03. The SMILES string of the molecule is COCC1(CN2CCC(SC)CC2)CCNCC1. The highest BCUT2D eigenvalue weighted by atomic mass is 32.2. The fourth-order valence-corrected chi connectivity index (χ4v) is 4.07. The maximum absolute atomic E-state index is 5.51. The van der Waals surface area contributed by atoms with E-state index < -0.39 is 0 Å². The highest BCUT2D eigenvalue weighted by Gasteiger charge is 2.34. The number of nitrogens with one attached hydrogen (secondary N) is 1. The van der Waals surface area contributed by atoms with Gasteiger partial charge in [0.15, 0.2) is 0 Å². The number of nitrogens with zero attached hydrogens (tertiary/aromatic N) is 1. The minimum atomic E-state index is 0.409. The third kappa shape index (κ3) is 3.86. The molecule has 4 heteroatoms. The largest absolute Gasteiger partial charge is 0.384 e. The molecule has 0 aromatic carbocycles. The van der Waals surface area contributed by atoms with Crippen LogP contribution in [0.3, 0.4) is 0 Å². The molecule has 0 amide bonds. The topological polar surface area (TPSA) is 24.5 Å². The Balaban J connectivity index is 1.85. The van der Waals surface area contributed by atoms with E-state index in [9.17, 15) is 0 Å². The quantitative estimate of drug-likeness (QED) is 0.825. The highest BCUT2D eigenvalue weighted by Crippen LogP contribution is 2.32. The van der Waals surface area contributed by atoms with Crippen molar-refractivity contribution < 1.29 is 4.74 Å². The Morgan fingerprint density at radius 2 is 1.94 bits per heavy atom. The van der Waals surface area contributed by atoms with E-state index in [-0.39, 0.29) is 0 Å². The molecule has 2 heterocycles. The molecule has 0 aliphatic carbocycles. The molecule has 0 bridgehead atoms. The van der Waals surface area contributed by atoms with Gasteiger partial charge in [0.1, 0.15) is 0 Å². The number of piperidine rings is 2. The van der Waals surface area contributed by atoms with Crippen LogP contribution in [0.2, 0.25) is 0 Å². The average molecular weight is 272 g/mol. The van der Waals surface area contributed by atoms with Gasteiger partial charge in [-0.25, -0.2) is 0 Å². The number of ether oxygens (including phenoxy) is 1. The van der Waals surface area contributed by atoms with Crippen LogP contribution in [0.25, 0.3) is 0 Å². The van der Waals surface area contributed by atoms with Crippen molar-refractivity contribution in [3.63, 3.8) is 0 Å². The molecule has 0 atom stereocenters. The third-order valence-corrected chi connectivity index (χ3v) is 5.68. The number of rotatable bonds is 5. The molecule has 2 aliphatic rings. The first-order chi connectivity index (χ1) is 8.78. The van der Waals surface area contributed by atoms with Gasteiger partial charge in [-0.2, -0.15) is 11.8 Å². The molecule has 2 saturated heterocycles. The van der Waals surface area contributed by atoms with Crippen molar-refractivity contribution in [2.24, 2.45) is 5.41 Å². The Morgan fingerprint density at radius 1 is 1.28 bits per heavy atom. The maximum atomic E-state index is 5.51. The zero-order valence-electron chi connectivity index (χ0n) is 11.9. The first-order valence-electron chi connectivity index (χ1n) is 7.23. The van der Waals surface area contributed by atoms with Crippen molar-refractivity contribution in [3.05, 3.63) is 0 Å². The number of methoxy groups -OCH3 is 1. The summed E-state index contributed by atoms with van der Waals surface area (Å²) in [5, 5.41) is 4.37. The molecular formula is C14H28N2OS. The number of likely N-dealkylation sites (tertiary alicyclic amines) is 1. The average Bonchev–Trinajstić information content (AvgIpc) is 2.41. The summed E-state index contributed by atoms with van der Waals surface area (Å²) >= 11 is 2.04. The molecule has 2 rings (SSSR count). The van der Waals surface area contributed by atoms with Crippen LogP contribution < -0.4 is 5.32 Å². The lowest BCUT2D eigenvalue weighted by Crippen LogP contribution is -2.49. The molecular weight excluding hydrogens is 244 g/mol. The van der Waals surface area contributed by atoms with Gasteiger partial charge in [-0.3, -0.25) is 0 Å². The predicted octanol–water partition coefficient (Wildman–Crippen LogP) is 1.83. The smallest absolute Gasteiger partial charge is 0.0531 e. The monoisotopic (exact) mass is 272 g/mol. The van der Waals surface area contributed by atoms with Crippen LogP contribution in [-0.2, 0) is 4.74 Å². The lowest BCUT2D eigenvalue weighted by atomic mass is 9.79. The maximum Gasteiger partial charge on any atom is 0.0531 e. The van der Waals surface area contributed by atoms with Gasteiger partial charge in [-0.05, 0) is 58.1 Å².